The number of aryl methyl sites for hydroxylation is 1. The van der Waals surface area contributed by atoms with Crippen LogP contribution < -0.4 is 11.1 Å². The quantitative estimate of drug-likeness (QED) is 0.697. The molecule has 94 valence electrons. The van der Waals surface area contributed by atoms with E-state index in [9.17, 15) is 4.79 Å². The Hall–Kier alpha value is -2.34. The average molecular weight is 246 g/mol. The summed E-state index contributed by atoms with van der Waals surface area (Å²) in [6.07, 6.45) is 3.25. The molecule has 6 nitrogen and oxygen atoms in total. The number of aromatic nitrogens is 2. The fourth-order valence-electron chi connectivity index (χ4n) is 1.52. The van der Waals surface area contributed by atoms with E-state index >= 15 is 0 Å². The van der Waals surface area contributed by atoms with E-state index in [-0.39, 0.29) is 11.7 Å². The summed E-state index contributed by atoms with van der Waals surface area (Å²) in [6, 6.07) is 5.41. The first-order chi connectivity index (χ1) is 8.56. The number of phenolic OH excluding ortho intramolecular Hbond substituents is 1. The molecule has 1 heterocycles. The van der Waals surface area contributed by atoms with Crippen molar-refractivity contribution in [2.45, 2.75) is 6.04 Å². The smallest absolute Gasteiger partial charge is 0.246 e. The van der Waals surface area contributed by atoms with Crippen LogP contribution in [0.15, 0.2) is 36.7 Å². The number of nitrogens with one attached hydrogen (secondary N) is 1. The topological polar surface area (TPSA) is 93.2 Å². The zero-order valence-electron chi connectivity index (χ0n) is 9.87. The molecule has 0 fully saturated rings. The Balaban J connectivity index is 2.05. The van der Waals surface area contributed by atoms with Gasteiger partial charge in [0, 0.05) is 24.5 Å². The van der Waals surface area contributed by atoms with Gasteiger partial charge in [0.05, 0.1) is 6.20 Å². The van der Waals surface area contributed by atoms with Crippen LogP contribution in [0.3, 0.4) is 0 Å². The standard InChI is InChI=1S/C12H14N4O2/c1-16-7-8(6-14-16)11(13)12(18)15-9-2-4-10(17)5-3-9/h2-7,11,17H,13H2,1H3,(H,15,18). The fourth-order valence-corrected chi connectivity index (χ4v) is 1.52. The van der Waals surface area contributed by atoms with Crippen LogP contribution >= 0.6 is 0 Å². The molecule has 1 amide bonds. The van der Waals surface area contributed by atoms with E-state index in [1.54, 1.807) is 36.3 Å². The van der Waals surface area contributed by atoms with Gasteiger partial charge in [-0.15, -0.1) is 0 Å². The third-order valence-corrected chi connectivity index (χ3v) is 2.50. The number of anilines is 1. The lowest BCUT2D eigenvalue weighted by Gasteiger charge is -2.10. The van der Waals surface area contributed by atoms with Crippen molar-refractivity contribution < 1.29 is 9.90 Å². The number of nitrogens with two attached hydrogens (primary N) is 1. The van der Waals surface area contributed by atoms with Gasteiger partial charge in [0.2, 0.25) is 5.91 Å². The van der Waals surface area contributed by atoms with Crippen molar-refractivity contribution in [3.63, 3.8) is 0 Å². The number of aromatic hydroxyl groups is 1. The lowest BCUT2D eigenvalue weighted by molar-refractivity contribution is -0.117. The van der Waals surface area contributed by atoms with Crippen molar-refractivity contribution in [1.82, 2.24) is 9.78 Å². The summed E-state index contributed by atoms with van der Waals surface area (Å²) in [5.74, 6) is -0.182. The molecule has 6 heteroatoms. The molecule has 0 saturated heterocycles. The van der Waals surface area contributed by atoms with E-state index < -0.39 is 6.04 Å². The van der Waals surface area contributed by atoms with Crippen LogP contribution in [0.2, 0.25) is 0 Å². The highest BCUT2D eigenvalue weighted by molar-refractivity contribution is 5.95. The van der Waals surface area contributed by atoms with Gasteiger partial charge in [-0.3, -0.25) is 9.48 Å². The van der Waals surface area contributed by atoms with Crippen molar-refractivity contribution in [2.24, 2.45) is 12.8 Å². The SMILES string of the molecule is Cn1cc(C(N)C(=O)Nc2ccc(O)cc2)cn1. The van der Waals surface area contributed by atoms with Gasteiger partial charge in [-0.1, -0.05) is 0 Å². The fraction of sp³-hybridized carbons (Fsp3) is 0.167. The molecule has 1 aromatic carbocycles. The Morgan fingerprint density at radius 2 is 2.11 bits per heavy atom. The summed E-state index contributed by atoms with van der Waals surface area (Å²) in [7, 11) is 1.76. The van der Waals surface area contributed by atoms with Crippen molar-refractivity contribution in [3.05, 3.63) is 42.2 Å². The molecule has 2 aromatic rings. The number of carbonyl (C=O) groups excluding carboxylic acids is 1. The summed E-state index contributed by atoms with van der Waals surface area (Å²) in [6.45, 7) is 0. The Labute approximate surface area is 104 Å². The minimum absolute atomic E-state index is 0.143. The van der Waals surface area contributed by atoms with Crippen molar-refractivity contribution >= 4 is 11.6 Å². The number of rotatable bonds is 3. The highest BCUT2D eigenvalue weighted by Crippen LogP contribution is 2.16. The predicted molar refractivity (Wildman–Crippen MR) is 66.9 cm³/mol. The first-order valence-corrected chi connectivity index (χ1v) is 5.40. The van der Waals surface area contributed by atoms with E-state index in [0.29, 0.717) is 11.3 Å². The largest absolute Gasteiger partial charge is 0.508 e. The molecule has 0 aliphatic carbocycles. The molecule has 2 rings (SSSR count). The van der Waals surface area contributed by atoms with Crippen molar-refractivity contribution in [1.29, 1.82) is 0 Å². The van der Waals surface area contributed by atoms with Crippen LogP contribution in [0.1, 0.15) is 11.6 Å². The summed E-state index contributed by atoms with van der Waals surface area (Å²) in [5.41, 5.74) is 7.04. The van der Waals surface area contributed by atoms with Crippen LogP contribution in [0.25, 0.3) is 0 Å². The van der Waals surface area contributed by atoms with Gasteiger partial charge in [-0.2, -0.15) is 5.10 Å². The Bertz CT molecular complexity index is 547. The zero-order chi connectivity index (χ0) is 13.1. The van der Waals surface area contributed by atoms with Crippen LogP contribution in [0.4, 0.5) is 5.69 Å². The molecule has 0 radical (unpaired) electrons. The second kappa shape index (κ2) is 4.89. The molecule has 0 bridgehead atoms. The summed E-state index contributed by atoms with van der Waals surface area (Å²) in [5, 5.41) is 15.8. The molecular weight excluding hydrogens is 232 g/mol. The molecule has 0 aliphatic heterocycles. The van der Waals surface area contributed by atoms with Gasteiger partial charge in [-0.05, 0) is 24.3 Å². The van der Waals surface area contributed by atoms with E-state index in [4.69, 9.17) is 10.8 Å². The number of hydrogen-bond acceptors (Lipinski definition) is 4. The third-order valence-electron chi connectivity index (χ3n) is 2.50. The third kappa shape index (κ3) is 2.67. The number of amides is 1. The van der Waals surface area contributed by atoms with E-state index in [0.717, 1.165) is 0 Å². The molecule has 0 saturated carbocycles. The lowest BCUT2D eigenvalue weighted by atomic mass is 10.1. The highest BCUT2D eigenvalue weighted by atomic mass is 16.3. The molecule has 4 N–H and O–H groups in total. The molecule has 0 spiro atoms. The van der Waals surface area contributed by atoms with E-state index in [2.05, 4.69) is 10.4 Å². The van der Waals surface area contributed by atoms with Crippen molar-refractivity contribution in [2.75, 3.05) is 5.32 Å². The first-order valence-electron chi connectivity index (χ1n) is 5.40. The lowest BCUT2D eigenvalue weighted by Crippen LogP contribution is -2.27. The maximum Gasteiger partial charge on any atom is 0.246 e. The maximum absolute atomic E-state index is 11.9. The highest BCUT2D eigenvalue weighted by Gasteiger charge is 2.17. The monoisotopic (exact) mass is 246 g/mol. The Morgan fingerprint density at radius 3 is 2.67 bits per heavy atom. The molecule has 18 heavy (non-hydrogen) atoms. The Kier molecular flexibility index (Phi) is 3.29. The van der Waals surface area contributed by atoms with E-state index in [1.807, 2.05) is 0 Å². The van der Waals surface area contributed by atoms with Crippen LogP contribution in [-0.2, 0) is 11.8 Å². The van der Waals surface area contributed by atoms with Gasteiger partial charge >= 0.3 is 0 Å². The van der Waals surface area contributed by atoms with Crippen LogP contribution in [-0.4, -0.2) is 20.8 Å². The van der Waals surface area contributed by atoms with Gasteiger partial charge in [-0.25, -0.2) is 0 Å². The number of nitrogens with zero attached hydrogens (tertiary/aromatic N) is 2. The number of benzene rings is 1. The second-order valence-corrected chi connectivity index (χ2v) is 3.96. The zero-order valence-corrected chi connectivity index (χ0v) is 9.87. The number of phenols is 1. The number of hydrogen-bond donors (Lipinski definition) is 3. The minimum Gasteiger partial charge on any atom is -0.508 e. The van der Waals surface area contributed by atoms with E-state index in [1.165, 1.54) is 12.1 Å². The first kappa shape index (κ1) is 12.1. The van der Waals surface area contributed by atoms with Gasteiger partial charge in [0.25, 0.3) is 0 Å². The number of carbonyl (C=O) groups is 1. The molecular formula is C12H14N4O2. The molecule has 0 aliphatic rings. The normalized spacial score (nSPS) is 12.1. The molecule has 1 atom stereocenters. The molecule has 1 unspecified atom stereocenters. The van der Waals surface area contributed by atoms with Gasteiger partial charge in [0.1, 0.15) is 11.8 Å². The predicted octanol–water partition coefficient (Wildman–Crippen LogP) is 0.764. The van der Waals surface area contributed by atoms with Crippen molar-refractivity contribution in [3.8, 4) is 5.75 Å². The van der Waals surface area contributed by atoms with Crippen LogP contribution in [0.5, 0.6) is 5.75 Å². The Morgan fingerprint density at radius 1 is 1.44 bits per heavy atom. The van der Waals surface area contributed by atoms with Gasteiger partial charge < -0.3 is 16.2 Å². The van der Waals surface area contributed by atoms with Crippen LogP contribution in [0, 0.1) is 0 Å². The summed E-state index contributed by atoms with van der Waals surface area (Å²) in [4.78, 5) is 11.9. The summed E-state index contributed by atoms with van der Waals surface area (Å²) >= 11 is 0. The molecule has 1 aromatic heterocycles. The minimum atomic E-state index is -0.771. The average Bonchev–Trinajstić information content (AvgIpc) is 2.78. The maximum atomic E-state index is 11.9. The van der Waals surface area contributed by atoms with Gasteiger partial charge in [0.15, 0.2) is 0 Å². The summed E-state index contributed by atoms with van der Waals surface area (Å²) < 4.78 is 1.59. The second-order valence-electron chi connectivity index (χ2n) is 3.96.